The average molecular weight is 739 g/mol. The molecule has 1 fully saturated rings. The fraction of sp³-hybridized carbons (Fsp3) is 0.244. The molecule has 13 nitrogen and oxygen atoms in total. The molecular weight excluding hydrogens is 700 g/mol. The molecule has 55 heavy (non-hydrogen) atoms. The van der Waals surface area contributed by atoms with E-state index in [9.17, 15) is 19.1 Å². The van der Waals surface area contributed by atoms with Crippen LogP contribution in [-0.4, -0.2) is 84.5 Å². The summed E-state index contributed by atoms with van der Waals surface area (Å²) >= 11 is 0. The van der Waals surface area contributed by atoms with Gasteiger partial charge in [-0.25, -0.2) is 23.7 Å². The number of halogens is 1. The number of aliphatic hydroxyl groups is 1. The van der Waals surface area contributed by atoms with Crippen molar-refractivity contribution < 1.29 is 14.3 Å². The van der Waals surface area contributed by atoms with E-state index >= 15 is 0 Å². The summed E-state index contributed by atoms with van der Waals surface area (Å²) in [5.74, 6) is 0.192. The monoisotopic (exact) mass is 738 g/mol. The van der Waals surface area contributed by atoms with Crippen LogP contribution < -0.4 is 21.1 Å². The predicted octanol–water partition coefficient (Wildman–Crippen LogP) is 4.92. The number of rotatable bonds is 9. The fourth-order valence-corrected chi connectivity index (χ4v) is 7.85. The Morgan fingerprint density at radius 2 is 1.80 bits per heavy atom. The smallest absolute Gasteiger partial charge is 0.278 e. The zero-order valence-electron chi connectivity index (χ0n) is 30.2. The molecule has 6 heterocycles. The third-order valence-electron chi connectivity index (χ3n) is 10.6. The van der Waals surface area contributed by atoms with Gasteiger partial charge in [0.1, 0.15) is 11.2 Å². The van der Waals surface area contributed by atoms with E-state index in [1.165, 1.54) is 34.1 Å². The highest BCUT2D eigenvalue weighted by molar-refractivity contribution is 6.10. The van der Waals surface area contributed by atoms with Crippen molar-refractivity contribution in [1.29, 1.82) is 0 Å². The van der Waals surface area contributed by atoms with Crippen LogP contribution in [0.2, 0.25) is 0 Å². The minimum absolute atomic E-state index is 0.0968. The van der Waals surface area contributed by atoms with Gasteiger partial charge >= 0.3 is 0 Å². The normalized spacial score (nSPS) is 14.7. The van der Waals surface area contributed by atoms with Crippen molar-refractivity contribution in [2.75, 3.05) is 49.5 Å². The van der Waals surface area contributed by atoms with Gasteiger partial charge in [-0.1, -0.05) is 18.2 Å². The number of aliphatic hydroxyl groups excluding tert-OH is 1. The summed E-state index contributed by atoms with van der Waals surface area (Å²) in [4.78, 5) is 47.5. The summed E-state index contributed by atoms with van der Waals surface area (Å²) in [5.41, 5.74) is 8.55. The first kappa shape index (κ1) is 34.4. The molecule has 2 aliphatic rings. The third kappa shape index (κ3) is 6.38. The molecule has 2 aliphatic heterocycles. The summed E-state index contributed by atoms with van der Waals surface area (Å²) in [6, 6.07) is 22.9. The van der Waals surface area contributed by atoms with Gasteiger partial charge in [-0.3, -0.25) is 14.5 Å². The molecule has 0 atom stereocenters. The number of carbonyl (C=O) groups excluding carboxylic acids is 1. The molecule has 0 bridgehead atoms. The Labute approximate surface area is 315 Å². The second-order valence-electron chi connectivity index (χ2n) is 14.0. The van der Waals surface area contributed by atoms with E-state index in [0.29, 0.717) is 46.8 Å². The van der Waals surface area contributed by atoms with Crippen LogP contribution in [0.3, 0.4) is 0 Å². The van der Waals surface area contributed by atoms with Crippen molar-refractivity contribution in [1.82, 2.24) is 39.5 Å². The minimum Gasteiger partial charge on any atom is -0.394 e. The number of aromatic nitrogens is 6. The lowest BCUT2D eigenvalue weighted by atomic mass is 9.97. The molecule has 9 rings (SSSR count). The second kappa shape index (κ2) is 14.1. The number of hydrogen-bond donors (Lipinski definition) is 4. The maximum atomic E-state index is 14.4. The van der Waals surface area contributed by atoms with Crippen molar-refractivity contribution >= 4 is 45.2 Å². The molecule has 7 aromatic rings. The van der Waals surface area contributed by atoms with Crippen LogP contribution in [0, 0.1) is 12.7 Å². The summed E-state index contributed by atoms with van der Waals surface area (Å²) < 4.78 is 17.4. The Morgan fingerprint density at radius 3 is 2.56 bits per heavy atom. The maximum absolute atomic E-state index is 14.4. The third-order valence-corrected chi connectivity index (χ3v) is 10.6. The van der Waals surface area contributed by atoms with Gasteiger partial charge in [-0.15, -0.1) is 0 Å². The van der Waals surface area contributed by atoms with Crippen molar-refractivity contribution in [3.63, 3.8) is 0 Å². The highest BCUT2D eigenvalue weighted by Crippen LogP contribution is 2.35. The van der Waals surface area contributed by atoms with Crippen molar-refractivity contribution in [2.24, 2.45) is 0 Å². The SMILES string of the molecule is Cc1cc(-c2[nH]c3cc(F)cc4c3c2CCNC4=O)ccc1CN1CCN(c2ccc(Nc3ncc4c(=O)n(CCO)n(-c5ccccn5)c4n3)cc2)CC1. The van der Waals surface area contributed by atoms with Gasteiger partial charge in [-0.05, 0) is 90.2 Å². The first-order valence-electron chi connectivity index (χ1n) is 18.4. The lowest BCUT2D eigenvalue weighted by Gasteiger charge is -2.36. The molecule has 0 spiro atoms. The van der Waals surface area contributed by atoms with Crippen LogP contribution in [0.5, 0.6) is 0 Å². The molecule has 0 aliphatic carbocycles. The number of piperazine rings is 1. The first-order chi connectivity index (χ1) is 26.8. The lowest BCUT2D eigenvalue weighted by molar-refractivity contribution is 0.0956. The van der Waals surface area contributed by atoms with Gasteiger partial charge in [0.2, 0.25) is 5.95 Å². The van der Waals surface area contributed by atoms with Crippen LogP contribution in [0.15, 0.2) is 90.0 Å². The summed E-state index contributed by atoms with van der Waals surface area (Å²) in [6.07, 6.45) is 3.82. The summed E-state index contributed by atoms with van der Waals surface area (Å²) in [5, 5.41) is 16.9. The van der Waals surface area contributed by atoms with E-state index in [0.717, 1.165) is 66.3 Å². The molecule has 0 radical (unpaired) electrons. The molecule has 3 aromatic carbocycles. The van der Waals surface area contributed by atoms with E-state index in [2.05, 4.69) is 77.6 Å². The van der Waals surface area contributed by atoms with E-state index in [1.54, 1.807) is 23.0 Å². The number of amides is 1. The zero-order chi connectivity index (χ0) is 37.6. The standard InChI is InChI=1S/C41H39FN10O3/c1-25-20-26(37-31-11-13-44-39(54)32-21-28(42)22-34(47-37)36(31)32)5-6-27(25)24-49-14-16-50(17-15-49)30-9-7-29(8-10-30)46-41-45-23-33-38(48-41)52(35-4-2-3-12-43-35)51(18-19-53)40(33)55/h2-10,12,20-23,47,53H,11,13-19,24H2,1H3,(H,44,54)(H,45,46,48). The molecule has 278 valence electrons. The number of anilines is 3. The van der Waals surface area contributed by atoms with E-state index in [4.69, 9.17) is 0 Å². The number of pyridine rings is 1. The summed E-state index contributed by atoms with van der Waals surface area (Å²) in [6.45, 7) is 7.00. The Balaban J connectivity index is 0.855. The van der Waals surface area contributed by atoms with Crippen LogP contribution >= 0.6 is 0 Å². The summed E-state index contributed by atoms with van der Waals surface area (Å²) in [7, 11) is 0. The van der Waals surface area contributed by atoms with Crippen LogP contribution in [0.1, 0.15) is 27.0 Å². The number of H-pyrrole nitrogens is 1. The quantitative estimate of drug-likeness (QED) is 0.162. The number of aryl methyl sites for hydroxylation is 1. The largest absolute Gasteiger partial charge is 0.394 e. The van der Waals surface area contributed by atoms with E-state index in [1.807, 2.05) is 18.2 Å². The first-order valence-corrected chi connectivity index (χ1v) is 18.4. The van der Waals surface area contributed by atoms with Gasteiger partial charge in [0.25, 0.3) is 11.5 Å². The topological polar surface area (TPSA) is 149 Å². The molecular formula is C41H39FN10O3. The molecule has 0 unspecified atom stereocenters. The van der Waals surface area contributed by atoms with Crippen molar-refractivity contribution in [2.45, 2.75) is 26.4 Å². The predicted molar refractivity (Wildman–Crippen MR) is 210 cm³/mol. The van der Waals surface area contributed by atoms with Gasteiger partial charge in [0.15, 0.2) is 11.5 Å². The number of hydrogen-bond acceptors (Lipinski definition) is 9. The number of nitrogens with zero attached hydrogens (tertiary/aromatic N) is 7. The number of nitrogens with one attached hydrogen (secondary N) is 3. The number of fused-ring (bicyclic) bond motifs is 1. The molecule has 4 aromatic heterocycles. The molecule has 14 heteroatoms. The lowest BCUT2D eigenvalue weighted by Crippen LogP contribution is -2.46. The Morgan fingerprint density at radius 1 is 0.964 bits per heavy atom. The van der Waals surface area contributed by atoms with Crippen LogP contribution in [-0.2, 0) is 19.5 Å². The second-order valence-corrected chi connectivity index (χ2v) is 14.0. The highest BCUT2D eigenvalue weighted by atomic mass is 19.1. The van der Waals surface area contributed by atoms with E-state index in [-0.39, 0.29) is 24.6 Å². The van der Waals surface area contributed by atoms with Gasteiger partial charge in [-0.2, -0.15) is 4.98 Å². The zero-order valence-corrected chi connectivity index (χ0v) is 30.2. The average Bonchev–Trinajstić information content (AvgIpc) is 3.63. The van der Waals surface area contributed by atoms with Gasteiger partial charge in [0, 0.05) is 79.6 Å². The van der Waals surface area contributed by atoms with Gasteiger partial charge < -0.3 is 25.6 Å². The molecule has 1 amide bonds. The number of aromatic amines is 1. The fourth-order valence-electron chi connectivity index (χ4n) is 7.85. The van der Waals surface area contributed by atoms with Crippen molar-refractivity contribution in [3.8, 4) is 17.1 Å². The minimum atomic E-state index is -0.427. The molecule has 0 saturated carbocycles. The maximum Gasteiger partial charge on any atom is 0.278 e. The highest BCUT2D eigenvalue weighted by Gasteiger charge is 2.25. The Hall–Kier alpha value is -6.38. The number of benzene rings is 3. The van der Waals surface area contributed by atoms with Crippen LogP contribution in [0.25, 0.3) is 39.0 Å². The van der Waals surface area contributed by atoms with Crippen molar-refractivity contribution in [3.05, 3.63) is 124 Å². The Kier molecular flexibility index (Phi) is 8.83. The van der Waals surface area contributed by atoms with Crippen LogP contribution in [0.4, 0.5) is 21.7 Å². The molecule has 4 N–H and O–H groups in total. The number of carbonyl (C=O) groups is 1. The van der Waals surface area contributed by atoms with E-state index < -0.39 is 5.82 Å². The Bertz CT molecular complexity index is 2630. The van der Waals surface area contributed by atoms with Gasteiger partial charge in [0.05, 0.1) is 18.7 Å². The molecule has 1 saturated heterocycles.